The maximum Gasteiger partial charge on any atom is 0.471 e. The predicted octanol–water partition coefficient (Wildman–Crippen LogP) is 4.26. The van der Waals surface area contributed by atoms with E-state index in [9.17, 15) is 23.1 Å². The summed E-state index contributed by atoms with van der Waals surface area (Å²) in [4.78, 5) is 14.2. The van der Waals surface area contributed by atoms with Gasteiger partial charge in [-0.1, -0.05) is 54.6 Å². The monoisotopic (exact) mass is 839 g/mol. The molecule has 1 aliphatic rings. The van der Waals surface area contributed by atoms with Crippen LogP contribution in [0.1, 0.15) is 16.7 Å². The average Bonchev–Trinajstić information content (AvgIpc) is 3.04. The van der Waals surface area contributed by atoms with Crippen LogP contribution in [-0.4, -0.2) is 93.3 Å². The molecule has 1 heterocycles. The van der Waals surface area contributed by atoms with Gasteiger partial charge in [-0.05, 0) is 41.0 Å². The average molecular weight is 840 g/mol. The molecule has 3 aromatic carbocycles. The number of benzene rings is 3. The summed E-state index contributed by atoms with van der Waals surface area (Å²) in [6.45, 7) is 1.99. The fraction of sp³-hybridized carbons (Fsp3) is 0.375. The summed E-state index contributed by atoms with van der Waals surface area (Å²) in [6.07, 6.45) is -5.61. The van der Waals surface area contributed by atoms with Gasteiger partial charge in [0, 0.05) is 57.3 Å². The van der Waals surface area contributed by atoms with Crippen LogP contribution in [-0.2, 0) is 19.9 Å². The van der Waals surface area contributed by atoms with Gasteiger partial charge in [-0.2, -0.15) is 19.8 Å². The summed E-state index contributed by atoms with van der Waals surface area (Å²) in [6, 6.07) is 24.9. The molecule has 4 rings (SSSR count). The molecule has 0 spiro atoms. The number of rotatable bonds is 13. The van der Waals surface area contributed by atoms with E-state index in [2.05, 4.69) is 0 Å². The van der Waals surface area contributed by atoms with Crippen molar-refractivity contribution in [2.24, 2.45) is 0 Å². The van der Waals surface area contributed by atoms with Gasteiger partial charge in [0.15, 0.2) is 0 Å². The molecule has 12 heteroatoms. The number of aliphatic hydroxyl groups excluding tert-OH is 1. The third-order valence-corrected chi connectivity index (χ3v) is 7.39. The van der Waals surface area contributed by atoms with Crippen molar-refractivity contribution in [2.45, 2.75) is 17.9 Å². The minimum absolute atomic E-state index is 0. The first-order valence-corrected chi connectivity index (χ1v) is 13.9. The van der Waals surface area contributed by atoms with Gasteiger partial charge < -0.3 is 33.9 Å². The topological polar surface area (TPSA) is 80.7 Å². The molecule has 0 radical (unpaired) electrons. The Balaban J connectivity index is 0.00000529. The van der Waals surface area contributed by atoms with E-state index < -0.39 is 23.8 Å². The molecule has 1 saturated heterocycles. The Kier molecular flexibility index (Phi) is 13.6. The number of carbonyl (C=O) groups excluding carboxylic acids is 1. The number of hydrogen-bond acceptors (Lipinski definition) is 7. The van der Waals surface area contributed by atoms with Crippen LogP contribution in [0.25, 0.3) is 0 Å². The summed E-state index contributed by atoms with van der Waals surface area (Å²) >= 11 is 0. The van der Waals surface area contributed by atoms with E-state index in [1.54, 1.807) is 14.2 Å². The SMILES string of the molecule is COc1ccc(C(OC[C@H](CO)O[CH-]CN2CCN(C(=O)C(F)(F)F)CC2)(c2ccccc2)c2ccc(OC)cc2)cc1.[U]. The van der Waals surface area contributed by atoms with Crippen LogP contribution in [0.2, 0.25) is 0 Å². The Labute approximate surface area is 279 Å². The van der Waals surface area contributed by atoms with E-state index in [-0.39, 0.29) is 70.5 Å². The van der Waals surface area contributed by atoms with Crippen molar-refractivity contribution in [1.82, 2.24) is 9.80 Å². The van der Waals surface area contributed by atoms with Gasteiger partial charge in [0.25, 0.3) is 0 Å². The summed E-state index contributed by atoms with van der Waals surface area (Å²) in [7, 11) is 3.20. The van der Waals surface area contributed by atoms with Gasteiger partial charge >= 0.3 is 12.1 Å². The van der Waals surface area contributed by atoms with Gasteiger partial charge in [0.2, 0.25) is 0 Å². The molecule has 1 amide bonds. The number of hydrogen-bond donors (Lipinski definition) is 1. The Morgan fingerprint density at radius 1 is 0.841 bits per heavy atom. The number of amides is 1. The largest absolute Gasteiger partial charge is 0.545 e. The van der Waals surface area contributed by atoms with Crippen molar-refractivity contribution in [2.75, 3.05) is 60.2 Å². The molecule has 1 N–H and O–H groups in total. The molecule has 44 heavy (non-hydrogen) atoms. The van der Waals surface area contributed by atoms with Gasteiger partial charge in [0.1, 0.15) is 17.1 Å². The molecule has 0 bridgehead atoms. The molecule has 0 aromatic heterocycles. The van der Waals surface area contributed by atoms with E-state index in [1.165, 1.54) is 6.61 Å². The van der Waals surface area contributed by atoms with Crippen molar-refractivity contribution in [3.8, 4) is 11.5 Å². The molecular weight excluding hydrogens is 803 g/mol. The van der Waals surface area contributed by atoms with E-state index in [0.29, 0.717) is 18.0 Å². The Hall–Kier alpha value is -2.59. The Morgan fingerprint density at radius 3 is 1.80 bits per heavy atom. The summed E-state index contributed by atoms with van der Waals surface area (Å²) in [5.74, 6) is -0.439. The second-order valence-electron chi connectivity index (χ2n) is 10.0. The van der Waals surface area contributed by atoms with Crippen molar-refractivity contribution >= 4 is 5.91 Å². The van der Waals surface area contributed by atoms with Crippen LogP contribution >= 0.6 is 0 Å². The smallest absolute Gasteiger partial charge is 0.471 e. The summed E-state index contributed by atoms with van der Waals surface area (Å²) in [5, 5.41) is 10.2. The molecule has 1 atom stereocenters. The van der Waals surface area contributed by atoms with Gasteiger partial charge in [0.05, 0.1) is 33.5 Å². The van der Waals surface area contributed by atoms with E-state index >= 15 is 0 Å². The molecule has 0 unspecified atom stereocenters. The van der Waals surface area contributed by atoms with Crippen molar-refractivity contribution in [1.29, 1.82) is 0 Å². The van der Waals surface area contributed by atoms with E-state index in [1.807, 2.05) is 83.8 Å². The predicted molar refractivity (Wildman–Crippen MR) is 154 cm³/mol. The van der Waals surface area contributed by atoms with Gasteiger partial charge in [-0.15, -0.1) is 6.54 Å². The second kappa shape index (κ2) is 16.6. The first-order valence-electron chi connectivity index (χ1n) is 13.9. The van der Waals surface area contributed by atoms with Crippen LogP contribution in [0.15, 0.2) is 78.9 Å². The van der Waals surface area contributed by atoms with Crippen LogP contribution in [0.5, 0.6) is 11.5 Å². The molecule has 0 saturated carbocycles. The zero-order chi connectivity index (χ0) is 30.9. The van der Waals surface area contributed by atoms with Crippen molar-refractivity contribution in [3.63, 3.8) is 0 Å². The number of carbonyl (C=O) groups is 1. The minimum Gasteiger partial charge on any atom is -0.545 e. The first-order chi connectivity index (χ1) is 20.7. The first kappa shape index (κ1) is 35.9. The van der Waals surface area contributed by atoms with Crippen molar-refractivity contribution in [3.05, 3.63) is 102 Å². The minimum atomic E-state index is -4.88. The zero-order valence-electron chi connectivity index (χ0n) is 24.6. The van der Waals surface area contributed by atoms with Crippen LogP contribution in [0.4, 0.5) is 13.2 Å². The number of nitrogens with zero attached hydrogens (tertiary/aromatic N) is 2. The third-order valence-electron chi connectivity index (χ3n) is 7.39. The van der Waals surface area contributed by atoms with Gasteiger partial charge in [-0.25, -0.2) is 0 Å². The third kappa shape index (κ3) is 8.77. The molecule has 1 aliphatic heterocycles. The Morgan fingerprint density at radius 2 is 1.34 bits per heavy atom. The summed E-state index contributed by atoms with van der Waals surface area (Å²) in [5.41, 5.74) is 1.43. The molecule has 3 aromatic rings. The fourth-order valence-corrected chi connectivity index (χ4v) is 5.02. The normalized spacial score (nSPS) is 14.9. The molecule has 8 nitrogen and oxygen atoms in total. The number of halogens is 3. The maximum atomic E-state index is 12.7. The molecular formula is C32H36F3N2O6U-. The van der Waals surface area contributed by atoms with Crippen molar-refractivity contribution < 1.29 is 73.1 Å². The standard InChI is InChI=1S/C32H36F3N2O6.U/c1-40-27-12-8-25(9-13-27)31(24-6-4-3-5-7-24,26-10-14-28(41-2)15-11-26)43-23-29(22-38)42-21-20-36-16-18-37(19-17-36)30(39)32(33,34)35;/h3-15,21,29,38H,16-20,22-23H2,1-2H3;/q-1;/t29-;/m0./s1. The van der Waals surface area contributed by atoms with E-state index in [0.717, 1.165) is 21.6 Å². The zero-order valence-corrected chi connectivity index (χ0v) is 28.8. The van der Waals surface area contributed by atoms with Crippen LogP contribution in [0, 0.1) is 37.7 Å². The fourth-order valence-electron chi connectivity index (χ4n) is 5.02. The Bertz CT molecular complexity index is 1240. The maximum absolute atomic E-state index is 12.7. The van der Waals surface area contributed by atoms with Crippen LogP contribution in [0.3, 0.4) is 0 Å². The number of alkyl halides is 3. The quantitative estimate of drug-likeness (QED) is 0.204. The number of ether oxygens (including phenoxy) is 4. The second-order valence-corrected chi connectivity index (χ2v) is 10.0. The number of aliphatic hydroxyl groups is 1. The molecule has 0 aliphatic carbocycles. The molecule has 1 fully saturated rings. The van der Waals surface area contributed by atoms with Gasteiger partial charge in [-0.3, -0.25) is 4.79 Å². The number of methoxy groups -OCH3 is 2. The number of piperazine rings is 1. The van der Waals surface area contributed by atoms with E-state index in [4.69, 9.17) is 18.9 Å². The molecule has 236 valence electrons. The van der Waals surface area contributed by atoms with Crippen LogP contribution < -0.4 is 9.47 Å². The summed E-state index contributed by atoms with van der Waals surface area (Å²) < 4.78 is 61.6.